The monoisotopic (exact) mass is 300 g/mol. The molecule has 0 spiro atoms. The van der Waals surface area contributed by atoms with Gasteiger partial charge in [0.05, 0.1) is 11.9 Å². The molecule has 0 unspecified atom stereocenters. The standard InChI is InChI=1S/C16H20N4O2/c21-16(18-14-4-2-1-3-5-14)19-15-10-17-20(12-15)11-13-6-8-22-9-7-13/h1-5,10,12-13H,6-9,11H2,(H2,18,19,21). The fraction of sp³-hybridized carbons (Fsp3) is 0.375. The number of hydrogen-bond acceptors (Lipinski definition) is 3. The van der Waals surface area contributed by atoms with Crippen molar-refractivity contribution in [3.63, 3.8) is 0 Å². The summed E-state index contributed by atoms with van der Waals surface area (Å²) in [6.45, 7) is 2.53. The highest BCUT2D eigenvalue weighted by Gasteiger charge is 2.15. The summed E-state index contributed by atoms with van der Waals surface area (Å²) in [5, 5.41) is 9.87. The maximum atomic E-state index is 11.9. The third kappa shape index (κ3) is 4.08. The summed E-state index contributed by atoms with van der Waals surface area (Å²) in [7, 11) is 0. The molecule has 2 amide bonds. The summed E-state index contributed by atoms with van der Waals surface area (Å²) in [6.07, 6.45) is 5.66. The molecule has 0 bridgehead atoms. The van der Waals surface area contributed by atoms with E-state index < -0.39 is 0 Å². The van der Waals surface area contributed by atoms with Gasteiger partial charge in [-0.2, -0.15) is 5.10 Å². The minimum absolute atomic E-state index is 0.267. The van der Waals surface area contributed by atoms with Gasteiger partial charge in [0.2, 0.25) is 0 Å². The van der Waals surface area contributed by atoms with Crippen molar-refractivity contribution in [2.75, 3.05) is 23.8 Å². The van der Waals surface area contributed by atoms with Gasteiger partial charge in [0.1, 0.15) is 0 Å². The molecule has 1 saturated heterocycles. The number of aromatic nitrogens is 2. The maximum absolute atomic E-state index is 11.9. The number of carbonyl (C=O) groups is 1. The van der Waals surface area contributed by atoms with Crippen molar-refractivity contribution in [3.8, 4) is 0 Å². The normalized spacial score (nSPS) is 15.5. The maximum Gasteiger partial charge on any atom is 0.323 e. The van der Waals surface area contributed by atoms with Crippen LogP contribution >= 0.6 is 0 Å². The van der Waals surface area contributed by atoms with Gasteiger partial charge in [-0.05, 0) is 30.9 Å². The zero-order valence-electron chi connectivity index (χ0n) is 12.4. The second-order valence-corrected chi connectivity index (χ2v) is 5.45. The average molecular weight is 300 g/mol. The molecule has 1 aromatic carbocycles. The van der Waals surface area contributed by atoms with Crippen molar-refractivity contribution in [1.82, 2.24) is 9.78 Å². The molecule has 116 valence electrons. The Morgan fingerprint density at radius 2 is 1.91 bits per heavy atom. The summed E-state index contributed by atoms with van der Waals surface area (Å²) < 4.78 is 7.24. The average Bonchev–Trinajstić information content (AvgIpc) is 2.96. The van der Waals surface area contributed by atoms with E-state index in [0.29, 0.717) is 11.6 Å². The number of nitrogens with one attached hydrogen (secondary N) is 2. The number of amides is 2. The first-order valence-electron chi connectivity index (χ1n) is 7.53. The van der Waals surface area contributed by atoms with Crippen LogP contribution in [0.2, 0.25) is 0 Å². The van der Waals surface area contributed by atoms with Crippen molar-refractivity contribution >= 4 is 17.4 Å². The number of hydrogen-bond donors (Lipinski definition) is 2. The Morgan fingerprint density at radius 3 is 2.68 bits per heavy atom. The Balaban J connectivity index is 1.51. The number of anilines is 2. The molecule has 3 rings (SSSR count). The predicted octanol–water partition coefficient (Wildman–Crippen LogP) is 2.95. The lowest BCUT2D eigenvalue weighted by atomic mass is 10.0. The molecule has 0 atom stereocenters. The van der Waals surface area contributed by atoms with Crippen molar-refractivity contribution < 1.29 is 9.53 Å². The first-order valence-corrected chi connectivity index (χ1v) is 7.53. The lowest BCUT2D eigenvalue weighted by Crippen LogP contribution is -2.20. The second-order valence-electron chi connectivity index (χ2n) is 5.45. The van der Waals surface area contributed by atoms with Gasteiger partial charge >= 0.3 is 6.03 Å². The quantitative estimate of drug-likeness (QED) is 0.912. The summed E-state index contributed by atoms with van der Waals surface area (Å²) in [5.41, 5.74) is 1.45. The van der Waals surface area contributed by atoms with Gasteiger partial charge in [-0.1, -0.05) is 18.2 Å². The van der Waals surface area contributed by atoms with Crippen molar-refractivity contribution in [1.29, 1.82) is 0 Å². The summed E-state index contributed by atoms with van der Waals surface area (Å²) in [4.78, 5) is 11.9. The number of benzene rings is 1. The number of carbonyl (C=O) groups excluding carboxylic acids is 1. The Hall–Kier alpha value is -2.34. The SMILES string of the molecule is O=C(Nc1ccccc1)Nc1cnn(CC2CCOCC2)c1. The molecule has 0 radical (unpaired) electrons. The van der Waals surface area contributed by atoms with Crippen molar-refractivity contribution in [2.45, 2.75) is 19.4 Å². The van der Waals surface area contributed by atoms with Gasteiger partial charge in [0.15, 0.2) is 0 Å². The molecule has 2 N–H and O–H groups in total. The van der Waals surface area contributed by atoms with Crippen LogP contribution in [0.1, 0.15) is 12.8 Å². The molecular formula is C16H20N4O2. The van der Waals surface area contributed by atoms with Gasteiger partial charge in [0.25, 0.3) is 0 Å². The van der Waals surface area contributed by atoms with E-state index in [1.165, 1.54) is 0 Å². The van der Waals surface area contributed by atoms with E-state index in [0.717, 1.165) is 38.3 Å². The smallest absolute Gasteiger partial charge is 0.323 e. The second kappa shape index (κ2) is 7.09. The number of rotatable bonds is 4. The highest BCUT2D eigenvalue weighted by atomic mass is 16.5. The molecule has 2 aromatic rings. The van der Waals surface area contributed by atoms with Gasteiger partial charge in [-0.15, -0.1) is 0 Å². The number of ether oxygens (including phenoxy) is 1. The van der Waals surface area contributed by atoms with Crippen LogP contribution in [0, 0.1) is 5.92 Å². The number of urea groups is 1. The van der Waals surface area contributed by atoms with E-state index in [1.54, 1.807) is 6.20 Å². The van der Waals surface area contributed by atoms with E-state index >= 15 is 0 Å². The van der Waals surface area contributed by atoms with Crippen molar-refractivity contribution in [3.05, 3.63) is 42.7 Å². The van der Waals surface area contributed by atoms with Gasteiger partial charge in [-0.25, -0.2) is 4.79 Å². The lowest BCUT2D eigenvalue weighted by Gasteiger charge is -2.21. The molecule has 1 aromatic heterocycles. The Labute approximate surface area is 129 Å². The van der Waals surface area contributed by atoms with Crippen LogP contribution in [0.5, 0.6) is 0 Å². The fourth-order valence-corrected chi connectivity index (χ4v) is 2.54. The molecule has 0 saturated carbocycles. The fourth-order valence-electron chi connectivity index (χ4n) is 2.54. The first-order chi connectivity index (χ1) is 10.8. The van der Waals surface area contributed by atoms with E-state index in [1.807, 2.05) is 41.2 Å². The Kier molecular flexibility index (Phi) is 4.70. The van der Waals surface area contributed by atoms with Crippen LogP contribution in [0.3, 0.4) is 0 Å². The topological polar surface area (TPSA) is 68.2 Å². The summed E-state index contributed by atoms with van der Waals surface area (Å²) in [5.74, 6) is 0.597. The van der Waals surface area contributed by atoms with Crippen LogP contribution in [0.4, 0.5) is 16.2 Å². The molecule has 1 fully saturated rings. The Bertz CT molecular complexity index is 606. The van der Waals surface area contributed by atoms with Gasteiger partial charge < -0.3 is 15.4 Å². The third-order valence-electron chi connectivity index (χ3n) is 3.71. The Morgan fingerprint density at radius 1 is 1.18 bits per heavy atom. The number of nitrogens with zero attached hydrogens (tertiary/aromatic N) is 2. The van der Waals surface area contributed by atoms with E-state index in [-0.39, 0.29) is 6.03 Å². The largest absolute Gasteiger partial charge is 0.381 e. The zero-order valence-corrected chi connectivity index (χ0v) is 12.4. The number of para-hydroxylation sites is 1. The molecule has 6 nitrogen and oxygen atoms in total. The highest BCUT2D eigenvalue weighted by molar-refractivity contribution is 5.99. The predicted molar refractivity (Wildman–Crippen MR) is 84.9 cm³/mol. The summed E-state index contributed by atoms with van der Waals surface area (Å²) in [6, 6.07) is 9.08. The first kappa shape index (κ1) is 14.6. The van der Waals surface area contributed by atoms with E-state index in [2.05, 4.69) is 15.7 Å². The summed E-state index contributed by atoms with van der Waals surface area (Å²) >= 11 is 0. The molecule has 22 heavy (non-hydrogen) atoms. The molecule has 0 aliphatic carbocycles. The van der Waals surface area contributed by atoms with Crippen molar-refractivity contribution in [2.24, 2.45) is 5.92 Å². The van der Waals surface area contributed by atoms with Crippen LogP contribution in [-0.2, 0) is 11.3 Å². The van der Waals surface area contributed by atoms with Crippen LogP contribution in [0.25, 0.3) is 0 Å². The highest BCUT2D eigenvalue weighted by Crippen LogP contribution is 2.17. The van der Waals surface area contributed by atoms with Crippen LogP contribution in [-0.4, -0.2) is 29.0 Å². The minimum Gasteiger partial charge on any atom is -0.381 e. The minimum atomic E-state index is -0.267. The van der Waals surface area contributed by atoms with E-state index in [9.17, 15) is 4.79 Å². The zero-order chi connectivity index (χ0) is 15.2. The lowest BCUT2D eigenvalue weighted by molar-refractivity contribution is 0.0601. The molecular weight excluding hydrogens is 280 g/mol. The van der Waals surface area contributed by atoms with Gasteiger partial charge in [0, 0.05) is 31.6 Å². The molecule has 6 heteroatoms. The molecule has 2 heterocycles. The molecule has 1 aliphatic rings. The van der Waals surface area contributed by atoms with Crippen LogP contribution in [0.15, 0.2) is 42.7 Å². The van der Waals surface area contributed by atoms with Crippen LogP contribution < -0.4 is 10.6 Å². The van der Waals surface area contributed by atoms with E-state index in [4.69, 9.17) is 4.74 Å². The molecule has 1 aliphatic heterocycles. The third-order valence-corrected chi connectivity index (χ3v) is 3.71. The van der Waals surface area contributed by atoms with Gasteiger partial charge in [-0.3, -0.25) is 4.68 Å².